The van der Waals surface area contributed by atoms with Crippen molar-refractivity contribution >= 4 is 41.1 Å². The first-order chi connectivity index (χ1) is 15.7. The molecule has 4 amide bonds. The number of urea groups is 1. The molecule has 2 aromatic rings. The predicted molar refractivity (Wildman–Crippen MR) is 123 cm³/mol. The molecule has 174 valence electrons. The van der Waals surface area contributed by atoms with Gasteiger partial charge in [-0.25, -0.2) is 9.59 Å². The molecule has 1 aliphatic heterocycles. The molecule has 9 nitrogen and oxygen atoms in total. The van der Waals surface area contributed by atoms with Gasteiger partial charge in [-0.1, -0.05) is 42.8 Å². The minimum atomic E-state index is -1.09. The Labute approximate surface area is 196 Å². The SMILES string of the molecule is CCC1(C)NC(=O)N(NC(=O)COC(=O)c2ccccc2NCCc2ccc(Cl)cc2)C1=O. The van der Waals surface area contributed by atoms with E-state index in [4.69, 9.17) is 16.3 Å². The van der Waals surface area contributed by atoms with Crippen LogP contribution in [0, 0.1) is 0 Å². The van der Waals surface area contributed by atoms with Crippen molar-refractivity contribution in [1.82, 2.24) is 15.8 Å². The average Bonchev–Trinajstić information content (AvgIpc) is 3.02. The number of rotatable bonds is 9. The van der Waals surface area contributed by atoms with Crippen molar-refractivity contribution in [3.63, 3.8) is 0 Å². The van der Waals surface area contributed by atoms with Crippen LogP contribution in [0.3, 0.4) is 0 Å². The third-order valence-electron chi connectivity index (χ3n) is 5.33. The van der Waals surface area contributed by atoms with E-state index in [1.54, 1.807) is 38.1 Å². The lowest BCUT2D eigenvalue weighted by Crippen LogP contribution is -2.49. The molecule has 2 aromatic carbocycles. The summed E-state index contributed by atoms with van der Waals surface area (Å²) in [5.74, 6) is -2.10. The van der Waals surface area contributed by atoms with Crippen LogP contribution in [0.5, 0.6) is 0 Å². The molecule has 3 N–H and O–H groups in total. The Bertz CT molecular complexity index is 1060. The molecule has 3 rings (SSSR count). The number of carbonyl (C=O) groups is 4. The number of nitrogens with one attached hydrogen (secondary N) is 3. The minimum absolute atomic E-state index is 0.259. The number of amides is 4. The molecule has 1 atom stereocenters. The van der Waals surface area contributed by atoms with E-state index in [1.165, 1.54) is 0 Å². The number of nitrogens with zero attached hydrogens (tertiary/aromatic N) is 1. The first-order valence-electron chi connectivity index (χ1n) is 10.4. The summed E-state index contributed by atoms with van der Waals surface area (Å²) < 4.78 is 5.09. The van der Waals surface area contributed by atoms with Crippen LogP contribution in [0.4, 0.5) is 10.5 Å². The molecular formula is C23H25ClN4O5. The van der Waals surface area contributed by atoms with Gasteiger partial charge in [0, 0.05) is 17.3 Å². The quantitative estimate of drug-likeness (QED) is 0.381. The van der Waals surface area contributed by atoms with Crippen LogP contribution in [0.25, 0.3) is 0 Å². The van der Waals surface area contributed by atoms with E-state index in [0.717, 1.165) is 5.56 Å². The van der Waals surface area contributed by atoms with E-state index in [1.807, 2.05) is 24.3 Å². The number of ether oxygens (including phenoxy) is 1. The van der Waals surface area contributed by atoms with E-state index in [2.05, 4.69) is 16.1 Å². The van der Waals surface area contributed by atoms with Gasteiger partial charge < -0.3 is 15.4 Å². The summed E-state index contributed by atoms with van der Waals surface area (Å²) >= 11 is 5.90. The predicted octanol–water partition coefficient (Wildman–Crippen LogP) is 2.90. The Morgan fingerprint density at radius 3 is 2.48 bits per heavy atom. The fourth-order valence-corrected chi connectivity index (χ4v) is 3.33. The second-order valence-corrected chi connectivity index (χ2v) is 8.15. The van der Waals surface area contributed by atoms with Gasteiger partial charge in [0.1, 0.15) is 5.54 Å². The standard InChI is InChI=1S/C23H25ClN4O5/c1-3-23(2)21(31)28(22(32)26-23)27-19(29)14-33-20(30)17-6-4-5-7-18(17)25-13-12-15-8-10-16(24)11-9-15/h4-11,25H,3,12-14H2,1-2H3,(H,26,32)(H,27,29). The Balaban J connectivity index is 1.53. The van der Waals surface area contributed by atoms with E-state index < -0.39 is 36.0 Å². The van der Waals surface area contributed by atoms with Crippen molar-refractivity contribution in [3.8, 4) is 0 Å². The molecule has 1 saturated heterocycles. The van der Waals surface area contributed by atoms with Gasteiger partial charge in [-0.15, -0.1) is 0 Å². The van der Waals surface area contributed by atoms with Gasteiger partial charge in [-0.3, -0.25) is 15.0 Å². The summed E-state index contributed by atoms with van der Waals surface area (Å²) in [6.45, 7) is 3.22. The van der Waals surface area contributed by atoms with Crippen molar-refractivity contribution in [2.75, 3.05) is 18.5 Å². The number of carbonyl (C=O) groups excluding carboxylic acids is 4. The normalized spacial score (nSPS) is 17.5. The summed E-state index contributed by atoms with van der Waals surface area (Å²) in [4.78, 5) is 49.0. The summed E-state index contributed by atoms with van der Waals surface area (Å²) in [6.07, 6.45) is 1.08. The number of hydrogen-bond donors (Lipinski definition) is 3. The Morgan fingerprint density at radius 2 is 1.82 bits per heavy atom. The molecule has 0 spiro atoms. The fourth-order valence-electron chi connectivity index (χ4n) is 3.20. The lowest BCUT2D eigenvalue weighted by molar-refractivity contribution is -0.139. The average molecular weight is 473 g/mol. The van der Waals surface area contributed by atoms with E-state index in [0.29, 0.717) is 35.1 Å². The first-order valence-corrected chi connectivity index (χ1v) is 10.8. The molecule has 1 heterocycles. The lowest BCUT2D eigenvalue weighted by Gasteiger charge is -2.19. The highest BCUT2D eigenvalue weighted by atomic mass is 35.5. The summed E-state index contributed by atoms with van der Waals surface area (Å²) in [5, 5.41) is 6.98. The Hall–Kier alpha value is -3.59. The molecule has 0 aromatic heterocycles. The van der Waals surface area contributed by atoms with Crippen LogP contribution in [-0.2, 0) is 20.7 Å². The van der Waals surface area contributed by atoms with Crippen molar-refractivity contribution < 1.29 is 23.9 Å². The number of para-hydroxylation sites is 1. The summed E-state index contributed by atoms with van der Waals surface area (Å²) in [6, 6.07) is 13.5. The monoisotopic (exact) mass is 472 g/mol. The fraction of sp³-hybridized carbons (Fsp3) is 0.304. The van der Waals surface area contributed by atoms with Gasteiger partial charge in [0.2, 0.25) is 0 Å². The highest BCUT2D eigenvalue weighted by Gasteiger charge is 2.47. The molecule has 0 radical (unpaired) electrons. The highest BCUT2D eigenvalue weighted by molar-refractivity contribution is 6.30. The van der Waals surface area contributed by atoms with Crippen LogP contribution in [-0.4, -0.2) is 47.5 Å². The molecule has 0 bridgehead atoms. The highest BCUT2D eigenvalue weighted by Crippen LogP contribution is 2.19. The molecule has 1 fully saturated rings. The second-order valence-electron chi connectivity index (χ2n) is 7.72. The van der Waals surface area contributed by atoms with Crippen molar-refractivity contribution in [3.05, 3.63) is 64.7 Å². The number of benzene rings is 2. The maximum Gasteiger partial charge on any atom is 0.344 e. The molecule has 1 aliphatic rings. The third kappa shape index (κ3) is 5.81. The van der Waals surface area contributed by atoms with Crippen LogP contribution >= 0.6 is 11.6 Å². The number of esters is 1. The van der Waals surface area contributed by atoms with Crippen molar-refractivity contribution in [2.24, 2.45) is 0 Å². The molecule has 10 heteroatoms. The van der Waals surface area contributed by atoms with Crippen LogP contribution in [0.2, 0.25) is 5.02 Å². The van der Waals surface area contributed by atoms with Gasteiger partial charge in [-0.05, 0) is 49.6 Å². The number of anilines is 1. The van der Waals surface area contributed by atoms with Gasteiger partial charge in [0.15, 0.2) is 6.61 Å². The van der Waals surface area contributed by atoms with Gasteiger partial charge in [0.25, 0.3) is 11.8 Å². The molecule has 33 heavy (non-hydrogen) atoms. The zero-order valence-electron chi connectivity index (χ0n) is 18.3. The van der Waals surface area contributed by atoms with Crippen LogP contribution < -0.4 is 16.1 Å². The zero-order valence-corrected chi connectivity index (χ0v) is 19.1. The van der Waals surface area contributed by atoms with Crippen molar-refractivity contribution in [2.45, 2.75) is 32.2 Å². The number of imide groups is 1. The molecule has 1 unspecified atom stereocenters. The van der Waals surface area contributed by atoms with Gasteiger partial charge >= 0.3 is 12.0 Å². The minimum Gasteiger partial charge on any atom is -0.452 e. The van der Waals surface area contributed by atoms with E-state index in [-0.39, 0.29) is 5.56 Å². The van der Waals surface area contributed by atoms with Crippen molar-refractivity contribution in [1.29, 1.82) is 0 Å². The Kier molecular flexibility index (Phi) is 7.55. The number of halogens is 1. The topological polar surface area (TPSA) is 117 Å². The zero-order chi connectivity index (χ0) is 24.0. The van der Waals surface area contributed by atoms with Crippen LogP contribution in [0.15, 0.2) is 48.5 Å². The maximum absolute atomic E-state index is 12.5. The molecule has 0 aliphatic carbocycles. The van der Waals surface area contributed by atoms with E-state index >= 15 is 0 Å². The summed E-state index contributed by atoms with van der Waals surface area (Å²) in [7, 11) is 0. The largest absolute Gasteiger partial charge is 0.452 e. The lowest BCUT2D eigenvalue weighted by atomic mass is 10.00. The van der Waals surface area contributed by atoms with Gasteiger partial charge in [0.05, 0.1) is 5.56 Å². The second kappa shape index (κ2) is 10.4. The molecule has 0 saturated carbocycles. The van der Waals surface area contributed by atoms with E-state index in [9.17, 15) is 19.2 Å². The number of hydrazine groups is 1. The number of hydrogen-bond acceptors (Lipinski definition) is 6. The smallest absolute Gasteiger partial charge is 0.344 e. The molecular weight excluding hydrogens is 448 g/mol. The third-order valence-corrected chi connectivity index (χ3v) is 5.58. The van der Waals surface area contributed by atoms with Gasteiger partial charge in [-0.2, -0.15) is 5.01 Å². The maximum atomic E-state index is 12.5. The summed E-state index contributed by atoms with van der Waals surface area (Å²) in [5.41, 5.74) is 3.00. The Morgan fingerprint density at radius 1 is 1.12 bits per heavy atom. The first kappa shape index (κ1) is 24.1. The van der Waals surface area contributed by atoms with Crippen LogP contribution in [0.1, 0.15) is 36.2 Å².